The maximum atomic E-state index is 14.1. The standard InChI is InChI=1S/C40H53N5O5/c1-6-45(29-9-15-50-16-10-29)35-20-28(19-31(26(35)4)37(46)41-22-32-36(49-5)18-25(3)42-38(32)47)30-21-34-33(17-24(30)2)40(39(48)43-34)11-13-44(14-12-40)23-27-7-8-27/h17-21,24,27,29-30H,6-16,22-23H2,1-5H3,(H,41,46)(H,42,47)(H,43,48). The Morgan fingerprint density at radius 1 is 1.08 bits per heavy atom. The number of H-pyrrole nitrogens is 1. The van der Waals surface area contributed by atoms with Gasteiger partial charge in [-0.2, -0.15) is 0 Å². The summed E-state index contributed by atoms with van der Waals surface area (Å²) in [5, 5.41) is 6.33. The van der Waals surface area contributed by atoms with Gasteiger partial charge in [0.15, 0.2) is 0 Å². The Morgan fingerprint density at radius 3 is 2.50 bits per heavy atom. The van der Waals surface area contributed by atoms with Crippen molar-refractivity contribution in [2.75, 3.05) is 51.4 Å². The normalized spacial score (nSPS) is 23.6. The predicted octanol–water partition coefficient (Wildman–Crippen LogP) is 5.10. The summed E-state index contributed by atoms with van der Waals surface area (Å²) in [6.07, 6.45) is 10.8. The van der Waals surface area contributed by atoms with Crippen LogP contribution in [0.5, 0.6) is 5.75 Å². The summed E-state index contributed by atoms with van der Waals surface area (Å²) in [5.41, 5.74) is 6.01. The smallest absolute Gasteiger partial charge is 0.256 e. The third-order valence-corrected chi connectivity index (χ3v) is 11.9. The summed E-state index contributed by atoms with van der Waals surface area (Å²) < 4.78 is 11.2. The molecule has 0 radical (unpaired) electrons. The first-order chi connectivity index (χ1) is 24.1. The molecule has 1 spiro atoms. The third kappa shape index (κ3) is 6.52. The number of rotatable bonds is 10. The van der Waals surface area contributed by atoms with Gasteiger partial charge in [-0.15, -0.1) is 0 Å². The summed E-state index contributed by atoms with van der Waals surface area (Å²) in [7, 11) is 1.53. The highest BCUT2D eigenvalue weighted by Gasteiger charge is 2.52. The summed E-state index contributed by atoms with van der Waals surface area (Å²) in [5.74, 6) is 1.29. The molecular weight excluding hydrogens is 630 g/mol. The molecule has 4 heterocycles. The molecule has 2 atom stereocenters. The van der Waals surface area contributed by atoms with Crippen LogP contribution in [0.15, 0.2) is 46.4 Å². The summed E-state index contributed by atoms with van der Waals surface area (Å²) in [6, 6.07) is 6.35. The Bertz CT molecular complexity index is 1760. The number of allylic oxidation sites excluding steroid dienone is 3. The second-order valence-electron chi connectivity index (χ2n) is 15.2. The second kappa shape index (κ2) is 14.0. The molecule has 3 aliphatic heterocycles. The number of aryl methyl sites for hydroxylation is 1. The van der Waals surface area contributed by atoms with E-state index in [0.717, 1.165) is 92.5 Å². The van der Waals surface area contributed by atoms with Crippen LogP contribution >= 0.6 is 0 Å². The fourth-order valence-electron chi connectivity index (χ4n) is 8.82. The van der Waals surface area contributed by atoms with Gasteiger partial charge in [-0.3, -0.25) is 14.4 Å². The number of aromatic amines is 1. The molecule has 1 saturated carbocycles. The lowest BCUT2D eigenvalue weighted by atomic mass is 9.69. The molecule has 1 aromatic heterocycles. The summed E-state index contributed by atoms with van der Waals surface area (Å²) in [6.45, 7) is 13.6. The van der Waals surface area contributed by atoms with Crippen molar-refractivity contribution in [1.29, 1.82) is 0 Å². The van der Waals surface area contributed by atoms with Crippen molar-refractivity contribution in [3.05, 3.63) is 79.9 Å². The maximum absolute atomic E-state index is 14.1. The molecular formula is C40H53N5O5. The number of ether oxygens (including phenoxy) is 2. The van der Waals surface area contributed by atoms with Gasteiger partial charge in [0.1, 0.15) is 5.75 Å². The minimum atomic E-state index is -0.453. The molecule has 2 aromatic rings. The zero-order chi connectivity index (χ0) is 35.2. The number of nitrogens with zero attached hydrogens (tertiary/aromatic N) is 2. The minimum Gasteiger partial charge on any atom is -0.496 e. The van der Waals surface area contributed by atoms with E-state index in [0.29, 0.717) is 28.6 Å². The van der Waals surface area contributed by atoms with Gasteiger partial charge in [0.2, 0.25) is 5.91 Å². The van der Waals surface area contributed by atoms with Crippen molar-refractivity contribution < 1.29 is 19.1 Å². The number of carbonyl (C=O) groups excluding carboxylic acids is 2. The van der Waals surface area contributed by atoms with E-state index in [1.165, 1.54) is 26.5 Å². The predicted molar refractivity (Wildman–Crippen MR) is 195 cm³/mol. The van der Waals surface area contributed by atoms with Crippen LogP contribution in [0, 0.1) is 31.1 Å². The molecule has 268 valence electrons. The SMILES string of the molecule is CCN(c1cc(C2C=C3NC(=O)C4(CCN(CC5CC5)CC4)C3=CC2C)cc(C(=O)NCc2c(OC)cc(C)[nH]c2=O)c1C)C1CCOCC1. The molecule has 0 bridgehead atoms. The average molecular weight is 684 g/mol. The Morgan fingerprint density at radius 2 is 1.82 bits per heavy atom. The van der Waals surface area contributed by atoms with Gasteiger partial charge in [0.05, 0.1) is 24.6 Å². The fraction of sp³-hybridized carbons (Fsp3) is 0.575. The molecule has 7 rings (SSSR count). The first kappa shape index (κ1) is 34.6. The van der Waals surface area contributed by atoms with Gasteiger partial charge in [0.25, 0.3) is 11.5 Å². The van der Waals surface area contributed by atoms with E-state index in [1.54, 1.807) is 13.0 Å². The van der Waals surface area contributed by atoms with Crippen LogP contribution in [0.2, 0.25) is 0 Å². The number of fused-ring (bicyclic) bond motifs is 2. The number of pyridine rings is 1. The molecule has 10 heteroatoms. The number of hydrogen-bond acceptors (Lipinski definition) is 7. The number of likely N-dealkylation sites (tertiary alicyclic amines) is 1. The van der Waals surface area contributed by atoms with E-state index < -0.39 is 5.41 Å². The zero-order valence-corrected chi connectivity index (χ0v) is 30.3. The number of aromatic nitrogens is 1. The van der Waals surface area contributed by atoms with Gasteiger partial charge in [-0.1, -0.05) is 19.1 Å². The summed E-state index contributed by atoms with van der Waals surface area (Å²) in [4.78, 5) is 48.5. The monoisotopic (exact) mass is 683 g/mol. The molecule has 4 fully saturated rings. The number of amides is 2. The van der Waals surface area contributed by atoms with Gasteiger partial charge < -0.3 is 34.9 Å². The quantitative estimate of drug-likeness (QED) is 0.319. The molecule has 3 N–H and O–H groups in total. The molecule has 1 aromatic carbocycles. The minimum absolute atomic E-state index is 0.0292. The van der Waals surface area contributed by atoms with Gasteiger partial charge in [-0.25, -0.2) is 0 Å². The second-order valence-corrected chi connectivity index (χ2v) is 15.2. The maximum Gasteiger partial charge on any atom is 0.256 e. The van der Waals surface area contributed by atoms with Crippen LogP contribution in [0.4, 0.5) is 5.69 Å². The first-order valence-electron chi connectivity index (χ1n) is 18.6. The van der Waals surface area contributed by atoms with Crippen molar-refractivity contribution in [2.24, 2.45) is 17.3 Å². The van der Waals surface area contributed by atoms with Crippen LogP contribution in [-0.2, 0) is 16.1 Å². The Kier molecular flexibility index (Phi) is 9.69. The van der Waals surface area contributed by atoms with Gasteiger partial charge in [0, 0.05) is 60.9 Å². The molecule has 50 heavy (non-hydrogen) atoms. The number of carbonyl (C=O) groups is 2. The summed E-state index contributed by atoms with van der Waals surface area (Å²) >= 11 is 0. The largest absolute Gasteiger partial charge is 0.496 e. The van der Waals surface area contributed by atoms with E-state index in [1.807, 2.05) is 13.0 Å². The Hall–Kier alpha value is -3.89. The van der Waals surface area contributed by atoms with Crippen LogP contribution in [0.3, 0.4) is 0 Å². The number of benzene rings is 1. The highest BCUT2D eigenvalue weighted by molar-refractivity contribution is 5.98. The highest BCUT2D eigenvalue weighted by Crippen LogP contribution is 2.51. The van der Waals surface area contributed by atoms with Crippen LogP contribution in [-0.4, -0.2) is 74.2 Å². The van der Waals surface area contributed by atoms with Crippen molar-refractivity contribution in [3.8, 4) is 5.75 Å². The number of hydrogen-bond donors (Lipinski definition) is 3. The Balaban J connectivity index is 1.21. The average Bonchev–Trinajstić information content (AvgIpc) is 3.89. The van der Waals surface area contributed by atoms with E-state index in [-0.39, 0.29) is 35.8 Å². The zero-order valence-electron chi connectivity index (χ0n) is 30.3. The van der Waals surface area contributed by atoms with Crippen LogP contribution < -0.4 is 25.8 Å². The van der Waals surface area contributed by atoms with Crippen molar-refractivity contribution in [2.45, 2.75) is 84.7 Å². The molecule has 2 unspecified atom stereocenters. The number of anilines is 1. The lowest BCUT2D eigenvalue weighted by Crippen LogP contribution is -2.45. The molecule has 2 aliphatic carbocycles. The number of nitrogens with one attached hydrogen (secondary N) is 3. The topological polar surface area (TPSA) is 116 Å². The van der Waals surface area contributed by atoms with E-state index >= 15 is 0 Å². The number of methoxy groups -OCH3 is 1. The fourth-order valence-corrected chi connectivity index (χ4v) is 8.82. The molecule has 10 nitrogen and oxygen atoms in total. The molecule has 2 amide bonds. The first-order valence-corrected chi connectivity index (χ1v) is 18.6. The lowest BCUT2D eigenvalue weighted by molar-refractivity contribution is -0.128. The highest BCUT2D eigenvalue weighted by atomic mass is 16.5. The van der Waals surface area contributed by atoms with Crippen LogP contribution in [0.1, 0.15) is 91.0 Å². The third-order valence-electron chi connectivity index (χ3n) is 11.9. The number of piperidine rings is 1. The molecule has 5 aliphatic rings. The van der Waals surface area contributed by atoms with E-state index in [9.17, 15) is 14.4 Å². The van der Waals surface area contributed by atoms with E-state index in [4.69, 9.17) is 9.47 Å². The van der Waals surface area contributed by atoms with Crippen LogP contribution in [0.25, 0.3) is 0 Å². The van der Waals surface area contributed by atoms with Crippen molar-refractivity contribution in [1.82, 2.24) is 20.5 Å². The van der Waals surface area contributed by atoms with Crippen molar-refractivity contribution >= 4 is 17.5 Å². The van der Waals surface area contributed by atoms with Gasteiger partial charge in [-0.05, 0) is 119 Å². The van der Waals surface area contributed by atoms with E-state index in [2.05, 4.69) is 57.5 Å². The molecule has 3 saturated heterocycles. The van der Waals surface area contributed by atoms with Gasteiger partial charge >= 0.3 is 0 Å². The van der Waals surface area contributed by atoms with Crippen molar-refractivity contribution in [3.63, 3.8) is 0 Å². The Labute approximate surface area is 295 Å². The lowest BCUT2D eigenvalue weighted by Gasteiger charge is -2.39.